The van der Waals surface area contributed by atoms with Crippen LogP contribution in [0, 0.1) is 13.8 Å². The van der Waals surface area contributed by atoms with Crippen LogP contribution in [0.3, 0.4) is 0 Å². The predicted octanol–water partition coefficient (Wildman–Crippen LogP) is 3.70. The van der Waals surface area contributed by atoms with E-state index < -0.39 is 0 Å². The first-order valence-electron chi connectivity index (χ1n) is 7.57. The van der Waals surface area contributed by atoms with Gasteiger partial charge in [0.05, 0.1) is 12.8 Å². The molecule has 0 saturated heterocycles. The van der Waals surface area contributed by atoms with Gasteiger partial charge in [-0.15, -0.1) is 10.2 Å². The summed E-state index contributed by atoms with van der Waals surface area (Å²) in [5, 5.41) is 7.70. The zero-order valence-electron chi connectivity index (χ0n) is 13.6. The number of hydrogen-bond donors (Lipinski definition) is 0. The number of aryl methyl sites for hydroxylation is 2. The number of fused-ring (bicyclic) bond motifs is 1. The fourth-order valence-electron chi connectivity index (χ4n) is 2.85. The first-order valence-corrected chi connectivity index (χ1v) is 7.57. The van der Waals surface area contributed by atoms with Crippen molar-refractivity contribution in [2.45, 2.75) is 13.8 Å². The van der Waals surface area contributed by atoms with Crippen molar-refractivity contribution in [3.05, 3.63) is 54.1 Å². The lowest BCUT2D eigenvalue weighted by atomic mass is 10.1. The Hall–Kier alpha value is -3.15. The van der Waals surface area contributed by atoms with Crippen molar-refractivity contribution in [2.24, 2.45) is 0 Å². The van der Waals surface area contributed by atoms with Crippen LogP contribution in [0.1, 0.15) is 11.1 Å². The number of hydrogen-bond acceptors (Lipinski definition) is 5. The largest absolute Gasteiger partial charge is 0.495 e. The molecule has 0 radical (unpaired) electrons. The van der Waals surface area contributed by atoms with E-state index in [4.69, 9.17) is 9.15 Å². The van der Waals surface area contributed by atoms with Gasteiger partial charge < -0.3 is 9.15 Å². The molecule has 24 heavy (non-hydrogen) atoms. The minimum Gasteiger partial charge on any atom is -0.495 e. The first-order chi connectivity index (χ1) is 11.7. The van der Waals surface area contributed by atoms with Crippen LogP contribution in [0.15, 0.2) is 47.4 Å². The SMILES string of the molecule is COc1ccc(-c2nc3cc(C)cc(C)c3o2)cc1-n1cnnc1. The van der Waals surface area contributed by atoms with Gasteiger partial charge in [-0.25, -0.2) is 4.98 Å². The molecule has 0 aliphatic rings. The molecule has 2 heterocycles. The van der Waals surface area contributed by atoms with E-state index in [2.05, 4.69) is 28.2 Å². The van der Waals surface area contributed by atoms with Crippen molar-refractivity contribution in [1.29, 1.82) is 0 Å². The van der Waals surface area contributed by atoms with E-state index in [1.807, 2.05) is 31.2 Å². The molecule has 2 aromatic heterocycles. The summed E-state index contributed by atoms with van der Waals surface area (Å²) in [6.45, 7) is 4.08. The predicted molar refractivity (Wildman–Crippen MR) is 90.4 cm³/mol. The van der Waals surface area contributed by atoms with Crippen molar-refractivity contribution in [1.82, 2.24) is 19.7 Å². The highest BCUT2D eigenvalue weighted by Gasteiger charge is 2.14. The second-order valence-electron chi connectivity index (χ2n) is 5.70. The summed E-state index contributed by atoms with van der Waals surface area (Å²) < 4.78 is 13.2. The van der Waals surface area contributed by atoms with Gasteiger partial charge in [-0.2, -0.15) is 0 Å². The second kappa shape index (κ2) is 5.49. The van der Waals surface area contributed by atoms with E-state index in [9.17, 15) is 0 Å². The minimum absolute atomic E-state index is 0.579. The zero-order chi connectivity index (χ0) is 16.7. The third-order valence-corrected chi connectivity index (χ3v) is 3.94. The van der Waals surface area contributed by atoms with Gasteiger partial charge in [0.25, 0.3) is 0 Å². The highest BCUT2D eigenvalue weighted by Crippen LogP contribution is 2.31. The maximum Gasteiger partial charge on any atom is 0.227 e. The van der Waals surface area contributed by atoms with Gasteiger partial charge in [0, 0.05) is 5.56 Å². The fourth-order valence-corrected chi connectivity index (χ4v) is 2.85. The smallest absolute Gasteiger partial charge is 0.227 e. The molecular weight excluding hydrogens is 304 g/mol. The van der Waals surface area contributed by atoms with E-state index >= 15 is 0 Å². The molecule has 0 spiro atoms. The highest BCUT2D eigenvalue weighted by atomic mass is 16.5. The van der Waals surface area contributed by atoms with Gasteiger partial charge in [0.15, 0.2) is 5.58 Å². The number of benzene rings is 2. The van der Waals surface area contributed by atoms with Crippen molar-refractivity contribution < 1.29 is 9.15 Å². The van der Waals surface area contributed by atoms with E-state index in [-0.39, 0.29) is 0 Å². The van der Waals surface area contributed by atoms with Crippen LogP contribution in [0.2, 0.25) is 0 Å². The molecule has 0 amide bonds. The van der Waals surface area contributed by atoms with E-state index in [0.717, 1.165) is 33.7 Å². The molecule has 0 aliphatic heterocycles. The van der Waals surface area contributed by atoms with Gasteiger partial charge in [0.1, 0.15) is 23.9 Å². The molecule has 0 N–H and O–H groups in total. The second-order valence-corrected chi connectivity index (χ2v) is 5.70. The lowest BCUT2D eigenvalue weighted by Crippen LogP contribution is -1.96. The molecule has 4 aromatic rings. The standard InChI is InChI=1S/C18H16N4O2/c1-11-6-12(2)17-14(7-11)21-18(24-17)13-4-5-16(23-3)15(8-13)22-9-19-20-10-22/h4-10H,1-3H3. The molecule has 0 atom stereocenters. The summed E-state index contributed by atoms with van der Waals surface area (Å²) in [5.41, 5.74) is 5.63. The van der Waals surface area contributed by atoms with Crippen molar-refractivity contribution in [3.8, 4) is 22.9 Å². The lowest BCUT2D eigenvalue weighted by molar-refractivity contribution is 0.413. The molecule has 6 heteroatoms. The van der Waals surface area contributed by atoms with Gasteiger partial charge in [-0.05, 0) is 49.2 Å². The molecule has 0 saturated carbocycles. The maximum absolute atomic E-state index is 5.99. The third-order valence-electron chi connectivity index (χ3n) is 3.94. The minimum atomic E-state index is 0.579. The zero-order valence-corrected chi connectivity index (χ0v) is 13.6. The summed E-state index contributed by atoms with van der Waals surface area (Å²) in [7, 11) is 1.63. The van der Waals surface area contributed by atoms with Crippen LogP contribution < -0.4 is 4.74 Å². The molecule has 0 fully saturated rings. The number of rotatable bonds is 3. The molecule has 0 bridgehead atoms. The summed E-state index contributed by atoms with van der Waals surface area (Å²) in [4.78, 5) is 4.63. The molecule has 2 aromatic carbocycles. The monoisotopic (exact) mass is 320 g/mol. The first kappa shape index (κ1) is 14.4. The molecule has 0 unspecified atom stereocenters. The van der Waals surface area contributed by atoms with E-state index in [0.29, 0.717) is 5.89 Å². The Bertz CT molecular complexity index is 1020. The molecular formula is C18H16N4O2. The summed E-state index contributed by atoms with van der Waals surface area (Å²) in [6.07, 6.45) is 3.25. The average Bonchev–Trinajstić information content (AvgIpc) is 3.23. The number of ether oxygens (including phenoxy) is 1. The number of aromatic nitrogens is 4. The van der Waals surface area contributed by atoms with Gasteiger partial charge >= 0.3 is 0 Å². The van der Waals surface area contributed by atoms with Crippen molar-refractivity contribution in [3.63, 3.8) is 0 Å². The average molecular weight is 320 g/mol. The fraction of sp³-hybridized carbons (Fsp3) is 0.167. The van der Waals surface area contributed by atoms with Gasteiger partial charge in [-0.1, -0.05) is 6.07 Å². The van der Waals surface area contributed by atoms with E-state index in [1.165, 1.54) is 5.56 Å². The topological polar surface area (TPSA) is 66.0 Å². The van der Waals surface area contributed by atoms with Crippen LogP contribution in [0.25, 0.3) is 28.2 Å². The Balaban J connectivity index is 1.88. The Morgan fingerprint density at radius 1 is 1.04 bits per heavy atom. The maximum atomic E-state index is 5.99. The van der Waals surface area contributed by atoms with Crippen molar-refractivity contribution in [2.75, 3.05) is 7.11 Å². The summed E-state index contributed by atoms with van der Waals surface area (Å²) in [5.74, 6) is 1.30. The number of methoxy groups -OCH3 is 1. The summed E-state index contributed by atoms with van der Waals surface area (Å²) in [6, 6.07) is 9.89. The van der Waals surface area contributed by atoms with Crippen LogP contribution in [0.5, 0.6) is 5.75 Å². The van der Waals surface area contributed by atoms with Gasteiger partial charge in [-0.3, -0.25) is 4.57 Å². The molecule has 0 aliphatic carbocycles. The van der Waals surface area contributed by atoms with Crippen LogP contribution in [-0.4, -0.2) is 26.9 Å². The normalized spacial score (nSPS) is 11.1. The Morgan fingerprint density at radius 2 is 1.83 bits per heavy atom. The van der Waals surface area contributed by atoms with Crippen LogP contribution >= 0.6 is 0 Å². The molecule has 4 rings (SSSR count). The Labute approximate surface area is 138 Å². The number of oxazole rings is 1. The summed E-state index contributed by atoms with van der Waals surface area (Å²) >= 11 is 0. The van der Waals surface area contributed by atoms with Gasteiger partial charge in [0.2, 0.25) is 5.89 Å². The Morgan fingerprint density at radius 3 is 2.58 bits per heavy atom. The van der Waals surface area contributed by atoms with E-state index in [1.54, 1.807) is 24.3 Å². The van der Waals surface area contributed by atoms with Crippen LogP contribution in [-0.2, 0) is 0 Å². The quantitative estimate of drug-likeness (QED) is 0.576. The third kappa shape index (κ3) is 2.32. The van der Waals surface area contributed by atoms with Crippen LogP contribution in [0.4, 0.5) is 0 Å². The molecule has 120 valence electrons. The van der Waals surface area contributed by atoms with Crippen molar-refractivity contribution >= 4 is 11.1 Å². The number of nitrogens with zero attached hydrogens (tertiary/aromatic N) is 4. The Kier molecular flexibility index (Phi) is 3.30. The highest BCUT2D eigenvalue weighted by molar-refractivity contribution is 5.80. The lowest BCUT2D eigenvalue weighted by Gasteiger charge is -2.09. The molecule has 6 nitrogen and oxygen atoms in total.